The molecule has 2 N–H and O–H groups in total. The Morgan fingerprint density at radius 3 is 2.07 bits per heavy atom. The molecule has 0 bridgehead atoms. The first-order chi connectivity index (χ1) is 13.7. The van der Waals surface area contributed by atoms with Gasteiger partial charge >= 0.3 is 7.12 Å². The molecule has 1 heterocycles. The van der Waals surface area contributed by atoms with Crippen molar-refractivity contribution in [1.29, 1.82) is 0 Å². The lowest BCUT2D eigenvalue weighted by Gasteiger charge is -2.13. The van der Waals surface area contributed by atoms with Gasteiger partial charge < -0.3 is 14.6 Å². The molecule has 1 aromatic heterocycles. The summed E-state index contributed by atoms with van der Waals surface area (Å²) in [5.74, 6) is 0. The van der Waals surface area contributed by atoms with Crippen LogP contribution in [-0.4, -0.2) is 21.7 Å². The third kappa shape index (κ3) is 2.62. The minimum Gasteiger partial charge on any atom is -0.423 e. The SMILES string of the molecule is OB(O)c1ccccc1-n1c2ccccc2c2cc(-c3ccccc3)ccc21. The molecule has 4 heteroatoms. The van der Waals surface area contributed by atoms with Gasteiger partial charge in [-0.25, -0.2) is 0 Å². The average molecular weight is 363 g/mol. The first-order valence-electron chi connectivity index (χ1n) is 9.28. The number of hydrogen-bond donors (Lipinski definition) is 2. The van der Waals surface area contributed by atoms with E-state index in [-0.39, 0.29) is 0 Å². The molecule has 0 unspecified atom stereocenters. The summed E-state index contributed by atoms with van der Waals surface area (Å²) < 4.78 is 2.11. The topological polar surface area (TPSA) is 45.4 Å². The van der Waals surface area contributed by atoms with Crippen molar-refractivity contribution >= 4 is 34.4 Å². The first-order valence-corrected chi connectivity index (χ1v) is 9.28. The van der Waals surface area contributed by atoms with E-state index in [1.54, 1.807) is 6.07 Å². The highest BCUT2D eigenvalue weighted by molar-refractivity contribution is 6.60. The summed E-state index contributed by atoms with van der Waals surface area (Å²) in [6.07, 6.45) is 0. The van der Waals surface area contributed by atoms with E-state index in [0.29, 0.717) is 5.46 Å². The molecule has 134 valence electrons. The maximum atomic E-state index is 9.88. The summed E-state index contributed by atoms with van der Waals surface area (Å²) in [6.45, 7) is 0. The van der Waals surface area contributed by atoms with Gasteiger partial charge in [-0.2, -0.15) is 0 Å². The van der Waals surface area contributed by atoms with Crippen LogP contribution in [0.4, 0.5) is 0 Å². The van der Waals surface area contributed by atoms with Gasteiger partial charge in [0.2, 0.25) is 0 Å². The number of rotatable bonds is 3. The van der Waals surface area contributed by atoms with Crippen LogP contribution in [-0.2, 0) is 0 Å². The number of benzene rings is 4. The van der Waals surface area contributed by atoms with E-state index in [9.17, 15) is 10.0 Å². The van der Waals surface area contributed by atoms with Crippen LogP contribution in [0, 0.1) is 0 Å². The number of hydrogen-bond acceptors (Lipinski definition) is 2. The van der Waals surface area contributed by atoms with Gasteiger partial charge in [-0.3, -0.25) is 0 Å². The Morgan fingerprint density at radius 1 is 0.571 bits per heavy atom. The zero-order valence-electron chi connectivity index (χ0n) is 15.2. The van der Waals surface area contributed by atoms with Gasteiger partial charge in [0.15, 0.2) is 0 Å². The predicted octanol–water partition coefficient (Wildman–Crippen LogP) is 4.13. The fourth-order valence-corrected chi connectivity index (χ4v) is 3.95. The molecule has 5 aromatic rings. The van der Waals surface area contributed by atoms with E-state index < -0.39 is 7.12 Å². The zero-order chi connectivity index (χ0) is 19.1. The Morgan fingerprint density at radius 2 is 1.25 bits per heavy atom. The minimum absolute atomic E-state index is 0.484. The summed E-state index contributed by atoms with van der Waals surface area (Å²) in [5, 5.41) is 22.0. The largest absolute Gasteiger partial charge is 0.490 e. The first kappa shape index (κ1) is 16.8. The van der Waals surface area contributed by atoms with Crippen LogP contribution < -0.4 is 5.46 Å². The molecule has 3 nitrogen and oxygen atoms in total. The van der Waals surface area contributed by atoms with Gasteiger partial charge in [0.05, 0.1) is 11.0 Å². The van der Waals surface area contributed by atoms with Gasteiger partial charge in [0, 0.05) is 21.9 Å². The number of para-hydroxylation sites is 2. The second-order valence-electron chi connectivity index (χ2n) is 6.88. The molecule has 0 saturated heterocycles. The molecule has 0 aliphatic heterocycles. The normalized spacial score (nSPS) is 11.2. The Hall–Kier alpha value is -3.34. The predicted molar refractivity (Wildman–Crippen MR) is 116 cm³/mol. The summed E-state index contributed by atoms with van der Waals surface area (Å²) >= 11 is 0. The molecule has 0 aliphatic rings. The van der Waals surface area contributed by atoms with Crippen molar-refractivity contribution < 1.29 is 10.0 Å². The van der Waals surface area contributed by atoms with Crippen molar-refractivity contribution in [3.05, 3.63) is 97.1 Å². The van der Waals surface area contributed by atoms with Crippen LogP contribution in [0.3, 0.4) is 0 Å². The molecule has 0 amide bonds. The quantitative estimate of drug-likeness (QED) is 0.474. The average Bonchev–Trinajstić information content (AvgIpc) is 3.08. The smallest absolute Gasteiger partial charge is 0.423 e. The molecule has 0 aliphatic carbocycles. The highest BCUT2D eigenvalue weighted by Crippen LogP contribution is 2.34. The van der Waals surface area contributed by atoms with Gasteiger partial charge in [0.1, 0.15) is 0 Å². The van der Waals surface area contributed by atoms with Crippen molar-refractivity contribution in [1.82, 2.24) is 4.57 Å². The lowest BCUT2D eigenvalue weighted by molar-refractivity contribution is 0.425. The minimum atomic E-state index is -1.53. The number of nitrogens with zero attached hydrogens (tertiary/aromatic N) is 1. The molecule has 5 rings (SSSR count). The van der Waals surface area contributed by atoms with Crippen LogP contribution in [0.5, 0.6) is 0 Å². The van der Waals surface area contributed by atoms with Crippen LogP contribution in [0.2, 0.25) is 0 Å². The van der Waals surface area contributed by atoms with Crippen LogP contribution in [0.1, 0.15) is 0 Å². The van der Waals surface area contributed by atoms with Crippen molar-refractivity contribution in [2.24, 2.45) is 0 Å². The Kier molecular flexibility index (Phi) is 4.01. The Labute approximate surface area is 163 Å². The van der Waals surface area contributed by atoms with E-state index in [2.05, 4.69) is 47.0 Å². The maximum Gasteiger partial charge on any atom is 0.490 e. The van der Waals surface area contributed by atoms with Gasteiger partial charge in [-0.05, 0) is 35.4 Å². The van der Waals surface area contributed by atoms with E-state index in [1.807, 2.05) is 48.5 Å². The van der Waals surface area contributed by atoms with Crippen molar-refractivity contribution in [2.45, 2.75) is 0 Å². The highest BCUT2D eigenvalue weighted by atomic mass is 16.4. The Balaban J connectivity index is 1.85. The maximum absolute atomic E-state index is 9.88. The van der Waals surface area contributed by atoms with Crippen molar-refractivity contribution in [2.75, 3.05) is 0 Å². The lowest BCUT2D eigenvalue weighted by atomic mass is 9.79. The molecule has 0 radical (unpaired) electrons. The molecule has 4 aromatic carbocycles. The summed E-state index contributed by atoms with van der Waals surface area (Å²) in [7, 11) is -1.53. The van der Waals surface area contributed by atoms with E-state index >= 15 is 0 Å². The van der Waals surface area contributed by atoms with Crippen molar-refractivity contribution in [3.8, 4) is 16.8 Å². The molecule has 0 spiro atoms. The summed E-state index contributed by atoms with van der Waals surface area (Å²) in [5.41, 5.74) is 5.66. The zero-order valence-corrected chi connectivity index (χ0v) is 15.2. The third-order valence-electron chi connectivity index (χ3n) is 5.24. The summed E-state index contributed by atoms with van der Waals surface area (Å²) in [6, 6.07) is 32.4. The summed E-state index contributed by atoms with van der Waals surface area (Å²) in [4.78, 5) is 0. The fraction of sp³-hybridized carbons (Fsp3) is 0. The van der Waals surface area contributed by atoms with Crippen LogP contribution >= 0.6 is 0 Å². The van der Waals surface area contributed by atoms with Crippen LogP contribution in [0.25, 0.3) is 38.6 Å². The lowest BCUT2D eigenvalue weighted by Crippen LogP contribution is -2.33. The molecular weight excluding hydrogens is 345 g/mol. The fourth-order valence-electron chi connectivity index (χ4n) is 3.95. The monoisotopic (exact) mass is 363 g/mol. The second kappa shape index (κ2) is 6.68. The van der Waals surface area contributed by atoms with Gasteiger partial charge in [-0.15, -0.1) is 0 Å². The van der Waals surface area contributed by atoms with E-state index in [1.165, 1.54) is 5.56 Å². The molecule has 28 heavy (non-hydrogen) atoms. The second-order valence-corrected chi connectivity index (χ2v) is 6.88. The van der Waals surface area contributed by atoms with Gasteiger partial charge in [0.25, 0.3) is 0 Å². The highest BCUT2D eigenvalue weighted by Gasteiger charge is 2.20. The van der Waals surface area contributed by atoms with Gasteiger partial charge in [-0.1, -0.05) is 72.8 Å². The molecule has 0 atom stereocenters. The molecular formula is C24H18BNO2. The van der Waals surface area contributed by atoms with Crippen molar-refractivity contribution in [3.63, 3.8) is 0 Å². The molecule has 0 fully saturated rings. The van der Waals surface area contributed by atoms with E-state index in [0.717, 1.165) is 33.1 Å². The third-order valence-corrected chi connectivity index (χ3v) is 5.24. The number of aromatic nitrogens is 1. The Bertz CT molecular complexity index is 1290. The molecule has 0 saturated carbocycles. The van der Waals surface area contributed by atoms with Crippen LogP contribution in [0.15, 0.2) is 97.1 Å². The number of fused-ring (bicyclic) bond motifs is 3. The van der Waals surface area contributed by atoms with E-state index in [4.69, 9.17) is 0 Å². The standard InChI is InChI=1S/C24H18BNO2/c27-25(28)21-11-5-7-13-24(21)26-22-12-6-4-10-19(22)20-16-18(14-15-23(20)26)17-8-2-1-3-9-17/h1-16,27-28H.